The predicted molar refractivity (Wildman–Crippen MR) is 64.7 cm³/mol. The van der Waals surface area contributed by atoms with Crippen LogP contribution in [0.1, 0.15) is 32.1 Å². The minimum absolute atomic E-state index is 0.0152. The van der Waals surface area contributed by atoms with Gasteiger partial charge in [0.25, 0.3) is 0 Å². The van der Waals surface area contributed by atoms with Gasteiger partial charge in [0.1, 0.15) is 0 Å². The zero-order valence-electron chi connectivity index (χ0n) is 10.5. The molecular formula is C13H20N2O3. The Bertz CT molecular complexity index is 348. The molecule has 0 aromatic heterocycles. The molecule has 1 aliphatic heterocycles. The van der Waals surface area contributed by atoms with Crippen LogP contribution in [0.25, 0.3) is 0 Å². The van der Waals surface area contributed by atoms with Crippen molar-refractivity contribution in [3.05, 3.63) is 0 Å². The van der Waals surface area contributed by atoms with E-state index in [9.17, 15) is 9.59 Å². The Labute approximate surface area is 107 Å². The van der Waals surface area contributed by atoms with Gasteiger partial charge in [0.2, 0.25) is 11.8 Å². The number of hydrogen-bond donors (Lipinski definition) is 2. The summed E-state index contributed by atoms with van der Waals surface area (Å²) in [5.74, 6) is -0.114. The third kappa shape index (κ3) is 2.83. The van der Waals surface area contributed by atoms with Crippen LogP contribution >= 0.6 is 0 Å². The number of carbonyl (C=O) groups is 2. The molecular weight excluding hydrogens is 232 g/mol. The van der Waals surface area contributed by atoms with Crippen LogP contribution < -0.4 is 10.6 Å². The molecule has 1 heterocycles. The van der Waals surface area contributed by atoms with Crippen LogP contribution in [-0.4, -0.2) is 37.1 Å². The summed E-state index contributed by atoms with van der Waals surface area (Å²) in [6.45, 7) is 1.39. The Hall–Kier alpha value is -1.10. The Balaban J connectivity index is 1.36. The van der Waals surface area contributed by atoms with Gasteiger partial charge >= 0.3 is 0 Å². The van der Waals surface area contributed by atoms with E-state index in [1.165, 1.54) is 0 Å². The lowest BCUT2D eigenvalue weighted by atomic mass is 10.2. The SMILES string of the molecule is O=C(NCC1CCCO1)C1CC1C(=O)NC1CC1. The van der Waals surface area contributed by atoms with Gasteiger partial charge in [-0.1, -0.05) is 0 Å². The van der Waals surface area contributed by atoms with Gasteiger partial charge in [-0.05, 0) is 32.1 Å². The molecule has 3 unspecified atom stereocenters. The average Bonchev–Trinajstić information content (AvgIpc) is 3.26. The van der Waals surface area contributed by atoms with E-state index in [-0.39, 0.29) is 29.8 Å². The van der Waals surface area contributed by atoms with Crippen molar-refractivity contribution in [2.75, 3.05) is 13.2 Å². The monoisotopic (exact) mass is 252 g/mol. The number of nitrogens with one attached hydrogen (secondary N) is 2. The highest BCUT2D eigenvalue weighted by atomic mass is 16.5. The van der Waals surface area contributed by atoms with Crippen LogP contribution in [0.5, 0.6) is 0 Å². The second-order valence-corrected chi connectivity index (χ2v) is 5.61. The van der Waals surface area contributed by atoms with Crippen molar-refractivity contribution in [3.8, 4) is 0 Å². The molecule has 3 atom stereocenters. The molecule has 0 bridgehead atoms. The van der Waals surface area contributed by atoms with Gasteiger partial charge in [-0.2, -0.15) is 0 Å². The molecule has 2 aliphatic carbocycles. The maximum Gasteiger partial charge on any atom is 0.224 e. The van der Waals surface area contributed by atoms with Crippen molar-refractivity contribution in [1.82, 2.24) is 10.6 Å². The largest absolute Gasteiger partial charge is 0.376 e. The summed E-state index contributed by atoms with van der Waals surface area (Å²) in [5, 5.41) is 5.85. The molecule has 3 rings (SSSR count). The van der Waals surface area contributed by atoms with Crippen LogP contribution in [-0.2, 0) is 14.3 Å². The topological polar surface area (TPSA) is 67.4 Å². The lowest BCUT2D eigenvalue weighted by Crippen LogP contribution is -2.35. The molecule has 3 aliphatic rings. The Morgan fingerprint density at radius 1 is 1.11 bits per heavy atom. The maximum atomic E-state index is 11.8. The Morgan fingerprint density at radius 2 is 1.89 bits per heavy atom. The lowest BCUT2D eigenvalue weighted by molar-refractivity contribution is -0.127. The average molecular weight is 252 g/mol. The highest BCUT2D eigenvalue weighted by Gasteiger charge is 2.48. The summed E-state index contributed by atoms with van der Waals surface area (Å²) in [6.07, 6.45) is 5.16. The van der Waals surface area contributed by atoms with Gasteiger partial charge in [-0.3, -0.25) is 9.59 Å². The van der Waals surface area contributed by atoms with E-state index in [0.717, 1.165) is 32.3 Å². The molecule has 2 saturated carbocycles. The molecule has 2 amide bonds. The highest BCUT2D eigenvalue weighted by molar-refractivity contribution is 5.92. The quantitative estimate of drug-likeness (QED) is 0.734. The van der Waals surface area contributed by atoms with Crippen molar-refractivity contribution in [1.29, 1.82) is 0 Å². The van der Waals surface area contributed by atoms with Gasteiger partial charge in [-0.15, -0.1) is 0 Å². The van der Waals surface area contributed by atoms with Gasteiger partial charge in [-0.25, -0.2) is 0 Å². The second-order valence-electron chi connectivity index (χ2n) is 5.61. The van der Waals surface area contributed by atoms with Crippen LogP contribution in [0, 0.1) is 11.8 Å². The zero-order valence-corrected chi connectivity index (χ0v) is 10.5. The molecule has 0 radical (unpaired) electrons. The van der Waals surface area contributed by atoms with Crippen molar-refractivity contribution >= 4 is 11.8 Å². The fourth-order valence-corrected chi connectivity index (χ4v) is 2.46. The molecule has 0 aromatic rings. The molecule has 18 heavy (non-hydrogen) atoms. The van der Waals surface area contributed by atoms with Crippen LogP contribution in [0.4, 0.5) is 0 Å². The van der Waals surface area contributed by atoms with Crippen LogP contribution in [0.3, 0.4) is 0 Å². The minimum Gasteiger partial charge on any atom is -0.376 e. The summed E-state index contributed by atoms with van der Waals surface area (Å²) in [5.41, 5.74) is 0. The first kappa shape index (κ1) is 12.0. The highest BCUT2D eigenvalue weighted by Crippen LogP contribution is 2.39. The molecule has 5 heteroatoms. The van der Waals surface area contributed by atoms with Crippen molar-refractivity contribution in [2.45, 2.75) is 44.2 Å². The molecule has 100 valence electrons. The number of amides is 2. The van der Waals surface area contributed by atoms with Crippen LogP contribution in [0.15, 0.2) is 0 Å². The van der Waals surface area contributed by atoms with Gasteiger partial charge in [0.05, 0.1) is 17.9 Å². The van der Waals surface area contributed by atoms with Crippen molar-refractivity contribution < 1.29 is 14.3 Å². The third-order valence-electron chi connectivity index (χ3n) is 3.92. The summed E-state index contributed by atoms with van der Waals surface area (Å²) in [4.78, 5) is 23.5. The maximum absolute atomic E-state index is 11.8. The predicted octanol–water partition coefficient (Wildman–Crippen LogP) is 0.196. The van der Waals surface area contributed by atoms with E-state index in [0.29, 0.717) is 19.0 Å². The summed E-state index contributed by atoms with van der Waals surface area (Å²) in [6, 6.07) is 0.383. The third-order valence-corrected chi connectivity index (χ3v) is 3.92. The standard InChI is InChI=1S/C13H20N2O3/c16-12(14-7-9-2-1-5-18-9)10-6-11(10)13(17)15-8-3-4-8/h8-11H,1-7H2,(H,14,16)(H,15,17). The summed E-state index contributed by atoms with van der Waals surface area (Å²) < 4.78 is 5.44. The lowest BCUT2D eigenvalue weighted by Gasteiger charge is -2.10. The molecule has 2 N–H and O–H groups in total. The summed E-state index contributed by atoms with van der Waals surface area (Å²) in [7, 11) is 0. The zero-order chi connectivity index (χ0) is 12.5. The number of ether oxygens (including phenoxy) is 1. The first-order valence-corrected chi connectivity index (χ1v) is 6.94. The number of carbonyl (C=O) groups excluding carboxylic acids is 2. The first-order valence-electron chi connectivity index (χ1n) is 6.94. The van der Waals surface area contributed by atoms with E-state index >= 15 is 0 Å². The number of hydrogen-bond acceptors (Lipinski definition) is 3. The van der Waals surface area contributed by atoms with Gasteiger partial charge < -0.3 is 15.4 Å². The van der Waals surface area contributed by atoms with E-state index in [4.69, 9.17) is 4.74 Å². The fraction of sp³-hybridized carbons (Fsp3) is 0.846. The smallest absolute Gasteiger partial charge is 0.224 e. The molecule has 5 nitrogen and oxygen atoms in total. The Kier molecular flexibility index (Phi) is 3.24. The summed E-state index contributed by atoms with van der Waals surface area (Å²) >= 11 is 0. The van der Waals surface area contributed by atoms with Crippen molar-refractivity contribution in [2.24, 2.45) is 11.8 Å². The van der Waals surface area contributed by atoms with Gasteiger partial charge in [0, 0.05) is 19.2 Å². The van der Waals surface area contributed by atoms with E-state index < -0.39 is 0 Å². The normalized spacial score (nSPS) is 34.1. The molecule has 0 aromatic carbocycles. The van der Waals surface area contributed by atoms with Crippen molar-refractivity contribution in [3.63, 3.8) is 0 Å². The Morgan fingerprint density at radius 3 is 2.56 bits per heavy atom. The van der Waals surface area contributed by atoms with Gasteiger partial charge in [0.15, 0.2) is 0 Å². The fourth-order valence-electron chi connectivity index (χ4n) is 2.46. The second kappa shape index (κ2) is 4.88. The van der Waals surface area contributed by atoms with Crippen LogP contribution in [0.2, 0.25) is 0 Å². The molecule has 1 saturated heterocycles. The number of rotatable bonds is 5. The minimum atomic E-state index is -0.106. The van der Waals surface area contributed by atoms with E-state index in [1.807, 2.05) is 0 Å². The molecule has 3 fully saturated rings. The molecule has 0 spiro atoms. The first-order chi connectivity index (χ1) is 8.74. The van der Waals surface area contributed by atoms with E-state index in [1.54, 1.807) is 0 Å². The van der Waals surface area contributed by atoms with E-state index in [2.05, 4.69) is 10.6 Å².